The molecule has 0 spiro atoms. The van der Waals surface area contributed by atoms with Gasteiger partial charge < -0.3 is 29.5 Å². The van der Waals surface area contributed by atoms with Crippen LogP contribution in [0, 0.1) is 5.41 Å². The normalized spacial score (nSPS) is 20.8. The van der Waals surface area contributed by atoms with Gasteiger partial charge in [-0.2, -0.15) is 0 Å². The predicted molar refractivity (Wildman–Crippen MR) is 108 cm³/mol. The Bertz CT molecular complexity index is 723. The van der Waals surface area contributed by atoms with Crippen LogP contribution in [-0.4, -0.2) is 67.8 Å². The van der Waals surface area contributed by atoms with E-state index < -0.39 is 29.3 Å². The topological polar surface area (TPSA) is 97.3 Å². The highest BCUT2D eigenvalue weighted by molar-refractivity contribution is 6.30. The zero-order valence-electron chi connectivity index (χ0n) is 17.2. The molecule has 8 nitrogen and oxygen atoms in total. The predicted octanol–water partition coefficient (Wildman–Crippen LogP) is 3.55. The molecule has 1 heterocycles. The molecular formula is C20H29ClN2O6. The maximum atomic E-state index is 11.7. The Hall–Kier alpha value is -2.03. The number of nitrogens with one attached hydrogen (secondary N) is 1. The smallest absolute Gasteiger partial charge is 0.407 e. The number of methoxy groups -OCH3 is 1. The van der Waals surface area contributed by atoms with Crippen molar-refractivity contribution in [2.24, 2.45) is 5.41 Å². The first-order valence-corrected chi connectivity index (χ1v) is 9.79. The molecule has 1 aromatic rings. The van der Waals surface area contributed by atoms with Gasteiger partial charge in [0.05, 0.1) is 26.9 Å². The van der Waals surface area contributed by atoms with Crippen molar-refractivity contribution in [3.63, 3.8) is 0 Å². The monoisotopic (exact) mass is 428 g/mol. The number of hydrogen-bond donors (Lipinski definition) is 2. The lowest BCUT2D eigenvalue weighted by atomic mass is 9.70. The van der Waals surface area contributed by atoms with E-state index in [1.165, 1.54) is 12.0 Å². The first-order chi connectivity index (χ1) is 13.6. The summed E-state index contributed by atoms with van der Waals surface area (Å²) in [5.41, 5.74) is -0.651. The molecule has 1 aromatic carbocycles. The van der Waals surface area contributed by atoms with Crippen LogP contribution in [0.5, 0.6) is 0 Å². The van der Waals surface area contributed by atoms with Crippen molar-refractivity contribution in [3.05, 3.63) is 34.9 Å². The van der Waals surface area contributed by atoms with Crippen LogP contribution in [0.2, 0.25) is 5.02 Å². The minimum absolute atomic E-state index is 0.146. The zero-order chi connectivity index (χ0) is 21.7. The lowest BCUT2D eigenvalue weighted by Crippen LogP contribution is -2.63. The van der Waals surface area contributed by atoms with Gasteiger partial charge in [0.1, 0.15) is 11.7 Å². The molecule has 1 fully saturated rings. The highest BCUT2D eigenvalue weighted by Crippen LogP contribution is 2.47. The Kier molecular flexibility index (Phi) is 7.73. The van der Waals surface area contributed by atoms with Crippen molar-refractivity contribution in [3.8, 4) is 0 Å². The fraction of sp³-hybridized carbons (Fsp3) is 0.600. The number of halogens is 1. The largest absolute Gasteiger partial charge is 0.465 e. The van der Waals surface area contributed by atoms with Gasteiger partial charge in [-0.1, -0.05) is 44.5 Å². The summed E-state index contributed by atoms with van der Waals surface area (Å²) in [7, 11) is 1.29. The lowest BCUT2D eigenvalue weighted by molar-refractivity contribution is -0.226. The number of amides is 2. The Morgan fingerprint density at radius 2 is 2.14 bits per heavy atom. The Morgan fingerprint density at radius 1 is 1.41 bits per heavy atom. The molecule has 1 saturated heterocycles. The van der Waals surface area contributed by atoms with Crippen molar-refractivity contribution < 1.29 is 28.9 Å². The summed E-state index contributed by atoms with van der Waals surface area (Å²) in [5.74, 6) is 0. The van der Waals surface area contributed by atoms with Gasteiger partial charge in [-0.15, -0.1) is 0 Å². The van der Waals surface area contributed by atoms with Crippen LogP contribution in [0.1, 0.15) is 32.4 Å². The summed E-state index contributed by atoms with van der Waals surface area (Å²) in [4.78, 5) is 24.4. The van der Waals surface area contributed by atoms with Crippen molar-refractivity contribution in [1.29, 1.82) is 0 Å². The third kappa shape index (κ3) is 5.52. The fourth-order valence-electron chi connectivity index (χ4n) is 3.49. The van der Waals surface area contributed by atoms with E-state index in [0.717, 1.165) is 5.56 Å². The van der Waals surface area contributed by atoms with Crippen LogP contribution >= 0.6 is 11.6 Å². The molecule has 1 unspecified atom stereocenters. The molecule has 0 aromatic heterocycles. The summed E-state index contributed by atoms with van der Waals surface area (Å²) >= 11 is 6.21. The van der Waals surface area contributed by atoms with E-state index in [1.54, 1.807) is 12.1 Å². The number of carbonyl (C=O) groups excluding carboxylic acids is 1. The van der Waals surface area contributed by atoms with Gasteiger partial charge in [-0.25, -0.2) is 9.59 Å². The zero-order valence-corrected chi connectivity index (χ0v) is 18.0. The van der Waals surface area contributed by atoms with Crippen LogP contribution < -0.4 is 5.32 Å². The number of nitrogens with zero attached hydrogens (tertiary/aromatic N) is 1. The van der Waals surface area contributed by atoms with E-state index in [2.05, 4.69) is 10.1 Å². The first kappa shape index (κ1) is 23.3. The van der Waals surface area contributed by atoms with Crippen molar-refractivity contribution >= 4 is 23.8 Å². The maximum Gasteiger partial charge on any atom is 0.407 e. The Labute approximate surface area is 176 Å². The highest BCUT2D eigenvalue weighted by Gasteiger charge is 2.54. The Morgan fingerprint density at radius 3 is 2.72 bits per heavy atom. The summed E-state index contributed by atoms with van der Waals surface area (Å²) in [6.45, 7) is 7.08. The molecule has 9 heteroatoms. The first-order valence-electron chi connectivity index (χ1n) is 9.41. The van der Waals surface area contributed by atoms with Crippen molar-refractivity contribution in [2.75, 3.05) is 40.0 Å². The van der Waals surface area contributed by atoms with E-state index in [0.29, 0.717) is 11.6 Å². The fourth-order valence-corrected chi connectivity index (χ4v) is 3.69. The van der Waals surface area contributed by atoms with E-state index in [4.69, 9.17) is 21.1 Å². The number of rotatable bonds is 6. The number of carbonyl (C=O) groups is 2. The quantitative estimate of drug-likeness (QED) is 0.672. The second kappa shape index (κ2) is 9.65. The van der Waals surface area contributed by atoms with Crippen LogP contribution in [0.15, 0.2) is 24.3 Å². The molecule has 2 amide bonds. The van der Waals surface area contributed by atoms with Crippen molar-refractivity contribution in [1.82, 2.24) is 10.2 Å². The van der Waals surface area contributed by atoms with E-state index in [1.807, 2.05) is 32.9 Å². The molecule has 1 aliphatic heterocycles. The van der Waals surface area contributed by atoms with Gasteiger partial charge >= 0.3 is 12.2 Å². The maximum absolute atomic E-state index is 11.7. The molecule has 1 aliphatic rings. The Balaban J connectivity index is 2.39. The number of ether oxygens (including phenoxy) is 3. The number of hydrogen-bond acceptors (Lipinski definition) is 5. The second-order valence-electron chi connectivity index (χ2n) is 7.92. The minimum Gasteiger partial charge on any atom is -0.465 e. The van der Waals surface area contributed by atoms with Gasteiger partial charge in [0, 0.05) is 18.1 Å². The van der Waals surface area contributed by atoms with E-state index in [-0.39, 0.29) is 26.3 Å². The van der Waals surface area contributed by atoms with Gasteiger partial charge in [0.15, 0.2) is 0 Å². The number of alkyl carbamates (subject to hydrolysis) is 1. The van der Waals surface area contributed by atoms with Crippen molar-refractivity contribution in [2.45, 2.75) is 32.5 Å². The van der Waals surface area contributed by atoms with Gasteiger partial charge in [-0.05, 0) is 23.1 Å². The number of morpholine rings is 1. The van der Waals surface area contributed by atoms with Gasteiger partial charge in [-0.3, -0.25) is 0 Å². The molecule has 2 N–H and O–H groups in total. The van der Waals surface area contributed by atoms with Gasteiger partial charge in [0.25, 0.3) is 0 Å². The van der Waals surface area contributed by atoms with Gasteiger partial charge in [0.2, 0.25) is 0 Å². The molecule has 2 rings (SSSR count). The molecule has 0 aliphatic carbocycles. The third-order valence-corrected chi connectivity index (χ3v) is 5.34. The average molecular weight is 429 g/mol. The lowest BCUT2D eigenvalue weighted by Gasteiger charge is -2.53. The molecule has 0 saturated carbocycles. The molecule has 29 heavy (non-hydrogen) atoms. The summed E-state index contributed by atoms with van der Waals surface area (Å²) in [6.07, 6.45) is -2.16. The van der Waals surface area contributed by atoms with Crippen LogP contribution in [0.4, 0.5) is 9.59 Å². The number of benzene rings is 1. The van der Waals surface area contributed by atoms with Crippen LogP contribution in [0.3, 0.4) is 0 Å². The SMILES string of the molecule is COC(=O)NCCO[C@@H](c1cccc(Cl)c1)C1(C(C)(C)C)CN(C(=O)O)CCO1. The highest BCUT2D eigenvalue weighted by atomic mass is 35.5. The van der Waals surface area contributed by atoms with E-state index >= 15 is 0 Å². The number of carboxylic acid groups (broad SMARTS) is 1. The summed E-state index contributed by atoms with van der Waals surface area (Å²) in [5, 5.41) is 12.7. The summed E-state index contributed by atoms with van der Waals surface area (Å²) < 4.78 is 17.1. The minimum atomic E-state index is -1.00. The molecule has 0 radical (unpaired) electrons. The van der Waals surface area contributed by atoms with Crippen LogP contribution in [-0.2, 0) is 14.2 Å². The van der Waals surface area contributed by atoms with E-state index in [9.17, 15) is 14.7 Å². The third-order valence-electron chi connectivity index (χ3n) is 5.10. The molecule has 0 bridgehead atoms. The summed E-state index contributed by atoms with van der Waals surface area (Å²) in [6, 6.07) is 7.24. The molecular weight excluding hydrogens is 400 g/mol. The van der Waals surface area contributed by atoms with Crippen LogP contribution in [0.25, 0.3) is 0 Å². The average Bonchev–Trinajstić information content (AvgIpc) is 2.66. The second-order valence-corrected chi connectivity index (χ2v) is 8.35. The standard InChI is InChI=1S/C20H29ClN2O6/c1-19(2,3)20(13-23(18(25)26)9-11-29-20)16(14-6-5-7-15(21)12-14)28-10-8-22-17(24)27-4/h5-7,12,16H,8-11,13H2,1-4H3,(H,22,24)(H,25,26)/t16-,20?/m0/s1. The molecule has 162 valence electrons. The molecule has 2 atom stereocenters.